The van der Waals surface area contributed by atoms with Crippen LogP contribution in [0.3, 0.4) is 0 Å². The predicted octanol–water partition coefficient (Wildman–Crippen LogP) is 5.32. The summed E-state index contributed by atoms with van der Waals surface area (Å²) in [5, 5.41) is 14.4. The van der Waals surface area contributed by atoms with Crippen molar-refractivity contribution >= 4 is 22.5 Å². The van der Waals surface area contributed by atoms with Gasteiger partial charge in [-0.2, -0.15) is 10.4 Å². The number of aromatic amines is 1. The van der Waals surface area contributed by atoms with Crippen LogP contribution >= 0.6 is 0 Å². The van der Waals surface area contributed by atoms with E-state index < -0.39 is 0 Å². The number of hydrogen-bond acceptors (Lipinski definition) is 4. The molecule has 1 saturated heterocycles. The number of fused-ring (bicyclic) bond motifs is 2. The molecule has 3 aromatic heterocycles. The Labute approximate surface area is 199 Å². The van der Waals surface area contributed by atoms with Crippen LogP contribution in [-0.2, 0) is 4.79 Å². The van der Waals surface area contributed by atoms with Gasteiger partial charge in [0, 0.05) is 48.6 Å². The zero-order valence-electron chi connectivity index (χ0n) is 20.0. The summed E-state index contributed by atoms with van der Waals surface area (Å²) in [4.78, 5) is 22.2. The van der Waals surface area contributed by atoms with E-state index in [0.717, 1.165) is 53.9 Å². The first-order valence-electron chi connectivity index (χ1n) is 12.1. The molecule has 0 atom stereocenters. The maximum Gasteiger partial charge on any atom is 0.223 e. The van der Waals surface area contributed by atoms with Gasteiger partial charge in [0.05, 0.1) is 11.8 Å². The smallest absolute Gasteiger partial charge is 0.223 e. The molecule has 1 fully saturated rings. The molecule has 0 aliphatic carbocycles. The van der Waals surface area contributed by atoms with E-state index in [1.165, 1.54) is 16.5 Å². The Balaban J connectivity index is 1.46. The predicted molar refractivity (Wildman–Crippen MR) is 133 cm³/mol. The number of aryl methyl sites for hydroxylation is 1. The van der Waals surface area contributed by atoms with Crippen molar-refractivity contribution in [2.75, 3.05) is 13.1 Å². The number of nitriles is 1. The van der Waals surface area contributed by atoms with Crippen LogP contribution in [-0.4, -0.2) is 43.5 Å². The highest BCUT2D eigenvalue weighted by molar-refractivity contribution is 5.92. The normalized spacial score (nSPS) is 14.9. The van der Waals surface area contributed by atoms with Crippen LogP contribution in [0.25, 0.3) is 27.8 Å². The van der Waals surface area contributed by atoms with Crippen molar-refractivity contribution in [2.45, 2.75) is 58.3 Å². The van der Waals surface area contributed by atoms with E-state index >= 15 is 0 Å². The van der Waals surface area contributed by atoms with E-state index in [9.17, 15) is 4.79 Å². The molecule has 1 amide bonds. The van der Waals surface area contributed by atoms with Crippen LogP contribution < -0.4 is 0 Å². The number of amides is 1. The van der Waals surface area contributed by atoms with Gasteiger partial charge < -0.3 is 9.88 Å². The van der Waals surface area contributed by atoms with Crippen LogP contribution in [0, 0.1) is 18.3 Å². The van der Waals surface area contributed by atoms with Gasteiger partial charge in [-0.1, -0.05) is 19.9 Å². The summed E-state index contributed by atoms with van der Waals surface area (Å²) in [6.07, 6.45) is 6.19. The number of carbonyl (C=O) groups is 1. The monoisotopic (exact) mass is 454 g/mol. The molecule has 0 spiro atoms. The molecule has 4 heterocycles. The van der Waals surface area contributed by atoms with Gasteiger partial charge in [-0.3, -0.25) is 4.79 Å². The fourth-order valence-electron chi connectivity index (χ4n) is 5.33. The zero-order chi connectivity index (χ0) is 23.8. The molecule has 34 heavy (non-hydrogen) atoms. The number of aromatic nitrogens is 4. The van der Waals surface area contributed by atoms with Crippen molar-refractivity contribution in [3.8, 4) is 17.3 Å². The molecule has 1 aliphatic heterocycles. The minimum atomic E-state index is 0.104. The molecule has 4 aromatic rings. The summed E-state index contributed by atoms with van der Waals surface area (Å²) in [6, 6.07) is 11.0. The molecular weight excluding hydrogens is 424 g/mol. The second-order valence-corrected chi connectivity index (χ2v) is 9.63. The third-order valence-corrected chi connectivity index (χ3v) is 7.06. The summed E-state index contributed by atoms with van der Waals surface area (Å²) in [5.41, 5.74) is 8.03. The molecule has 5 rings (SSSR count). The maximum absolute atomic E-state index is 12.3. The molecule has 7 heteroatoms. The Morgan fingerprint density at radius 3 is 2.79 bits per heavy atom. The quantitative estimate of drug-likeness (QED) is 0.442. The lowest BCUT2D eigenvalue weighted by Gasteiger charge is -2.32. The van der Waals surface area contributed by atoms with Crippen molar-refractivity contribution in [3.05, 3.63) is 53.5 Å². The Morgan fingerprint density at radius 2 is 2.06 bits per heavy atom. The van der Waals surface area contributed by atoms with Crippen molar-refractivity contribution in [2.24, 2.45) is 0 Å². The summed E-state index contributed by atoms with van der Waals surface area (Å²) in [5.74, 6) is 0.898. The number of hydrogen-bond donors (Lipinski definition) is 1. The first kappa shape index (κ1) is 22.1. The number of pyridine rings is 1. The number of piperidine rings is 1. The third kappa shape index (κ3) is 3.94. The lowest BCUT2D eigenvalue weighted by molar-refractivity contribution is -0.132. The van der Waals surface area contributed by atoms with Gasteiger partial charge in [0.1, 0.15) is 6.33 Å². The van der Waals surface area contributed by atoms with E-state index in [0.29, 0.717) is 24.7 Å². The number of nitrogens with one attached hydrogen (secondary N) is 1. The second-order valence-electron chi connectivity index (χ2n) is 9.63. The van der Waals surface area contributed by atoms with E-state index in [4.69, 9.17) is 5.26 Å². The van der Waals surface area contributed by atoms with E-state index in [2.05, 4.69) is 66.2 Å². The Hall–Kier alpha value is -3.66. The van der Waals surface area contributed by atoms with E-state index in [-0.39, 0.29) is 5.91 Å². The van der Waals surface area contributed by atoms with Gasteiger partial charge in [0.25, 0.3) is 0 Å². The van der Waals surface area contributed by atoms with Crippen molar-refractivity contribution in [1.29, 1.82) is 5.26 Å². The van der Waals surface area contributed by atoms with Crippen molar-refractivity contribution < 1.29 is 4.79 Å². The molecule has 7 nitrogen and oxygen atoms in total. The summed E-state index contributed by atoms with van der Waals surface area (Å²) in [6.45, 7) is 8.08. The Morgan fingerprint density at radius 1 is 1.26 bits per heavy atom. The second kappa shape index (κ2) is 8.94. The minimum absolute atomic E-state index is 0.104. The average Bonchev–Trinajstić information content (AvgIpc) is 3.47. The van der Waals surface area contributed by atoms with Crippen molar-refractivity contribution in [3.63, 3.8) is 0 Å². The molecule has 174 valence electrons. The third-order valence-electron chi connectivity index (χ3n) is 7.06. The van der Waals surface area contributed by atoms with Gasteiger partial charge in [-0.25, -0.2) is 9.50 Å². The fourth-order valence-corrected chi connectivity index (χ4v) is 5.33. The molecule has 0 radical (unpaired) electrons. The molecule has 1 aliphatic rings. The lowest BCUT2D eigenvalue weighted by Crippen LogP contribution is -2.37. The first-order chi connectivity index (χ1) is 16.5. The highest BCUT2D eigenvalue weighted by atomic mass is 16.2. The molecule has 1 aromatic carbocycles. The van der Waals surface area contributed by atoms with Crippen LogP contribution in [0.2, 0.25) is 0 Å². The van der Waals surface area contributed by atoms with Gasteiger partial charge in [-0.05, 0) is 66.5 Å². The van der Waals surface area contributed by atoms with Crippen molar-refractivity contribution in [1.82, 2.24) is 24.5 Å². The molecule has 0 bridgehead atoms. The van der Waals surface area contributed by atoms with E-state index in [1.807, 2.05) is 15.6 Å². The number of likely N-dealkylation sites (tertiary alicyclic amines) is 1. The van der Waals surface area contributed by atoms with Crippen LogP contribution in [0.1, 0.15) is 68.1 Å². The summed E-state index contributed by atoms with van der Waals surface area (Å²) < 4.78 is 1.84. The topological polar surface area (TPSA) is 90.1 Å². The highest BCUT2D eigenvalue weighted by Gasteiger charge is 2.25. The number of nitrogens with zero attached hydrogens (tertiary/aromatic N) is 5. The number of benzene rings is 1. The zero-order valence-corrected chi connectivity index (χ0v) is 20.0. The van der Waals surface area contributed by atoms with Crippen LogP contribution in [0.15, 0.2) is 36.8 Å². The van der Waals surface area contributed by atoms with Crippen LogP contribution in [0.5, 0.6) is 0 Å². The van der Waals surface area contributed by atoms with E-state index in [1.54, 1.807) is 6.33 Å². The molecule has 0 saturated carbocycles. The average molecular weight is 455 g/mol. The largest absolute Gasteiger partial charge is 0.354 e. The lowest BCUT2D eigenvalue weighted by atomic mass is 9.87. The Bertz CT molecular complexity index is 1400. The van der Waals surface area contributed by atoms with Gasteiger partial charge in [-0.15, -0.1) is 0 Å². The van der Waals surface area contributed by atoms with Gasteiger partial charge in [0.2, 0.25) is 5.91 Å². The highest BCUT2D eigenvalue weighted by Crippen LogP contribution is 2.38. The number of H-pyrrole nitrogens is 1. The standard InChI is InChI=1S/C27H30N6O/c1-17(2)25-22-14-20(19-8-11-32(12-9-19)24(34)5-4-10-28)6-7-23(22)31-26(25)21-13-18(3)27-29-16-30-33(27)15-21/h6-7,13-17,19,31H,4-5,8-9,11-12H2,1-3H3. The SMILES string of the molecule is Cc1cc(-c2[nH]c3ccc(C4CCN(C(=O)CCC#N)CC4)cc3c2C(C)C)cn2ncnc12. The minimum Gasteiger partial charge on any atom is -0.354 e. The number of rotatable bonds is 5. The fraction of sp³-hybridized carbons (Fsp3) is 0.407. The molecule has 0 unspecified atom stereocenters. The maximum atomic E-state index is 12.3. The Kier molecular flexibility index (Phi) is 5.82. The first-order valence-corrected chi connectivity index (χ1v) is 12.1. The molecule has 1 N–H and O–H groups in total. The van der Waals surface area contributed by atoms with Gasteiger partial charge >= 0.3 is 0 Å². The summed E-state index contributed by atoms with van der Waals surface area (Å²) in [7, 11) is 0. The van der Waals surface area contributed by atoms with Gasteiger partial charge in [0.15, 0.2) is 5.65 Å². The summed E-state index contributed by atoms with van der Waals surface area (Å²) >= 11 is 0. The molecular formula is C27H30N6O. The van der Waals surface area contributed by atoms with Crippen LogP contribution in [0.4, 0.5) is 0 Å². The number of carbonyl (C=O) groups excluding carboxylic acids is 1.